The van der Waals surface area contributed by atoms with E-state index in [0.29, 0.717) is 4.88 Å². The van der Waals surface area contributed by atoms with Crippen LogP contribution >= 0.6 is 22.7 Å². The van der Waals surface area contributed by atoms with Crippen LogP contribution < -0.4 is 0 Å². The van der Waals surface area contributed by atoms with E-state index < -0.39 is 5.97 Å². The van der Waals surface area contributed by atoms with Gasteiger partial charge in [0.25, 0.3) is 0 Å². The maximum Gasteiger partial charge on any atom is 0.345 e. The summed E-state index contributed by atoms with van der Waals surface area (Å²) in [5.41, 5.74) is 4.62. The van der Waals surface area contributed by atoms with Gasteiger partial charge >= 0.3 is 5.97 Å². The smallest absolute Gasteiger partial charge is 0.345 e. The average molecular weight is 345 g/mol. The van der Waals surface area contributed by atoms with Gasteiger partial charge in [-0.2, -0.15) is 16.4 Å². The fraction of sp³-hybridized carbons (Fsp3) is 0.250. The fourth-order valence-corrected chi connectivity index (χ4v) is 4.68. The van der Waals surface area contributed by atoms with E-state index in [1.54, 1.807) is 11.3 Å². The van der Waals surface area contributed by atoms with Gasteiger partial charge in [0.1, 0.15) is 4.88 Å². The third-order valence-corrected chi connectivity index (χ3v) is 5.93. The molecular weight excluding hydrogens is 330 g/mol. The molecule has 0 saturated heterocycles. The number of H-pyrrole nitrogens is 1. The zero-order valence-electron chi connectivity index (χ0n) is 12.3. The van der Waals surface area contributed by atoms with Crippen LogP contribution in [0.1, 0.15) is 25.7 Å². The molecule has 0 aliphatic carbocycles. The van der Waals surface area contributed by atoms with Crippen LogP contribution in [-0.2, 0) is 19.5 Å². The second-order valence-corrected chi connectivity index (χ2v) is 7.52. The largest absolute Gasteiger partial charge is 0.477 e. The van der Waals surface area contributed by atoms with Crippen molar-refractivity contribution in [1.29, 1.82) is 0 Å². The first kappa shape index (κ1) is 14.6. The van der Waals surface area contributed by atoms with Crippen molar-refractivity contribution in [3.63, 3.8) is 0 Å². The van der Waals surface area contributed by atoms with Gasteiger partial charge in [0.2, 0.25) is 0 Å². The van der Waals surface area contributed by atoms with Crippen LogP contribution in [0.25, 0.3) is 11.3 Å². The first-order valence-corrected chi connectivity index (χ1v) is 9.08. The van der Waals surface area contributed by atoms with Crippen molar-refractivity contribution in [2.45, 2.75) is 19.5 Å². The third-order valence-electron chi connectivity index (χ3n) is 4.09. The molecule has 0 fully saturated rings. The molecule has 2 N–H and O–H groups in total. The number of aromatic carboxylic acids is 1. The zero-order valence-corrected chi connectivity index (χ0v) is 13.9. The lowest BCUT2D eigenvalue weighted by molar-refractivity contribution is 0.0702. The topological polar surface area (TPSA) is 69.2 Å². The Balaban J connectivity index is 1.53. The van der Waals surface area contributed by atoms with Gasteiger partial charge in [0.05, 0.1) is 11.9 Å². The second-order valence-electron chi connectivity index (χ2n) is 5.61. The monoisotopic (exact) mass is 345 g/mol. The summed E-state index contributed by atoms with van der Waals surface area (Å²) in [6, 6.07) is 3.92. The first-order valence-electron chi connectivity index (χ1n) is 7.33. The van der Waals surface area contributed by atoms with Crippen molar-refractivity contribution in [1.82, 2.24) is 15.1 Å². The molecule has 0 radical (unpaired) electrons. The number of carboxylic acids is 1. The van der Waals surface area contributed by atoms with Crippen LogP contribution in [0.3, 0.4) is 0 Å². The van der Waals surface area contributed by atoms with Crippen LogP contribution in [0.15, 0.2) is 29.1 Å². The van der Waals surface area contributed by atoms with Gasteiger partial charge in [-0.05, 0) is 29.5 Å². The summed E-state index contributed by atoms with van der Waals surface area (Å²) in [6.07, 6.45) is 2.80. The highest BCUT2D eigenvalue weighted by Crippen LogP contribution is 2.30. The predicted octanol–water partition coefficient (Wildman–Crippen LogP) is 3.46. The minimum atomic E-state index is -0.828. The molecule has 7 heteroatoms. The number of aromatic nitrogens is 2. The number of hydrogen-bond acceptors (Lipinski definition) is 5. The molecule has 4 rings (SSSR count). The highest BCUT2D eigenvalue weighted by atomic mass is 32.1. The van der Waals surface area contributed by atoms with Crippen molar-refractivity contribution in [2.75, 3.05) is 6.54 Å². The molecule has 1 aliphatic heterocycles. The van der Waals surface area contributed by atoms with E-state index in [2.05, 4.69) is 31.9 Å². The van der Waals surface area contributed by atoms with Gasteiger partial charge in [-0.1, -0.05) is 0 Å². The molecule has 5 nitrogen and oxygen atoms in total. The minimum Gasteiger partial charge on any atom is -0.477 e. The summed E-state index contributed by atoms with van der Waals surface area (Å²) in [5.74, 6) is -0.828. The van der Waals surface area contributed by atoms with E-state index in [1.165, 1.54) is 32.9 Å². The Bertz CT molecular complexity index is 836. The van der Waals surface area contributed by atoms with Crippen molar-refractivity contribution >= 4 is 28.6 Å². The third kappa shape index (κ3) is 2.83. The number of rotatable bonds is 4. The Morgan fingerprint density at radius 3 is 3.17 bits per heavy atom. The molecule has 0 bridgehead atoms. The summed E-state index contributed by atoms with van der Waals surface area (Å²) in [6.45, 7) is 2.57. The van der Waals surface area contributed by atoms with E-state index in [0.717, 1.165) is 31.7 Å². The number of aromatic amines is 1. The van der Waals surface area contributed by atoms with Crippen molar-refractivity contribution in [2.24, 2.45) is 0 Å². The molecule has 4 heterocycles. The summed E-state index contributed by atoms with van der Waals surface area (Å²) in [5, 5.41) is 20.6. The van der Waals surface area contributed by atoms with E-state index in [-0.39, 0.29) is 0 Å². The average Bonchev–Trinajstić information content (AvgIpc) is 3.26. The SMILES string of the molecule is O=C(O)c1cc2c(s1)CN(Cc1cn[nH]c1-c1ccsc1)CC2. The van der Waals surface area contributed by atoms with E-state index in [1.807, 2.05) is 12.3 Å². The highest BCUT2D eigenvalue weighted by molar-refractivity contribution is 7.14. The molecule has 3 aromatic rings. The number of thiophene rings is 2. The van der Waals surface area contributed by atoms with E-state index >= 15 is 0 Å². The van der Waals surface area contributed by atoms with Gasteiger partial charge in [-0.3, -0.25) is 10.00 Å². The number of nitrogens with one attached hydrogen (secondary N) is 1. The summed E-state index contributed by atoms with van der Waals surface area (Å²) in [7, 11) is 0. The number of fused-ring (bicyclic) bond motifs is 1. The van der Waals surface area contributed by atoms with Gasteiger partial charge < -0.3 is 5.11 Å². The molecule has 3 aromatic heterocycles. The number of nitrogens with zero attached hydrogens (tertiary/aromatic N) is 2. The van der Waals surface area contributed by atoms with Crippen LogP contribution in [-0.4, -0.2) is 32.7 Å². The zero-order chi connectivity index (χ0) is 15.8. The number of carboxylic acid groups (broad SMARTS) is 1. The predicted molar refractivity (Wildman–Crippen MR) is 91.0 cm³/mol. The summed E-state index contributed by atoms with van der Waals surface area (Å²) < 4.78 is 0. The van der Waals surface area contributed by atoms with Crippen LogP contribution in [0.2, 0.25) is 0 Å². The van der Waals surface area contributed by atoms with Gasteiger partial charge in [0.15, 0.2) is 0 Å². The van der Waals surface area contributed by atoms with Crippen molar-refractivity contribution in [3.05, 3.63) is 50.0 Å². The van der Waals surface area contributed by atoms with Crippen molar-refractivity contribution in [3.8, 4) is 11.3 Å². The molecule has 0 spiro atoms. The summed E-state index contributed by atoms with van der Waals surface area (Å²) in [4.78, 5) is 15.1. The highest BCUT2D eigenvalue weighted by Gasteiger charge is 2.22. The Hall–Kier alpha value is -1.96. The molecule has 1 aliphatic rings. The number of carbonyl (C=O) groups is 1. The maximum atomic E-state index is 11.1. The molecule has 118 valence electrons. The molecule has 0 aromatic carbocycles. The Morgan fingerprint density at radius 2 is 2.39 bits per heavy atom. The fourth-order valence-electron chi connectivity index (χ4n) is 2.94. The second kappa shape index (κ2) is 5.92. The lowest BCUT2D eigenvalue weighted by Crippen LogP contribution is -2.29. The molecule has 23 heavy (non-hydrogen) atoms. The summed E-state index contributed by atoms with van der Waals surface area (Å²) >= 11 is 3.07. The molecule has 0 unspecified atom stereocenters. The molecule has 0 atom stereocenters. The Labute approximate surface area is 141 Å². The van der Waals surface area contributed by atoms with Gasteiger partial charge in [-0.15, -0.1) is 11.3 Å². The lowest BCUT2D eigenvalue weighted by atomic mass is 10.1. The van der Waals surface area contributed by atoms with Gasteiger partial charge in [0, 0.05) is 41.0 Å². The van der Waals surface area contributed by atoms with Crippen LogP contribution in [0.5, 0.6) is 0 Å². The molecule has 0 amide bonds. The first-order chi connectivity index (χ1) is 11.2. The lowest BCUT2D eigenvalue weighted by Gasteiger charge is -2.26. The van der Waals surface area contributed by atoms with Crippen LogP contribution in [0, 0.1) is 0 Å². The minimum absolute atomic E-state index is 0.444. The molecular formula is C16H15N3O2S2. The molecule has 0 saturated carbocycles. The van der Waals surface area contributed by atoms with Gasteiger partial charge in [-0.25, -0.2) is 4.79 Å². The van der Waals surface area contributed by atoms with E-state index in [9.17, 15) is 4.79 Å². The number of hydrogen-bond donors (Lipinski definition) is 2. The maximum absolute atomic E-state index is 11.1. The Morgan fingerprint density at radius 1 is 1.48 bits per heavy atom. The van der Waals surface area contributed by atoms with Crippen molar-refractivity contribution < 1.29 is 9.90 Å². The normalized spacial score (nSPS) is 14.8. The van der Waals surface area contributed by atoms with Crippen LogP contribution in [0.4, 0.5) is 0 Å². The van der Waals surface area contributed by atoms with E-state index in [4.69, 9.17) is 5.11 Å². The standard InChI is InChI=1S/C16H15N3O2S2/c20-16(21)13-5-10-1-3-19(8-14(10)23-13)7-12-6-17-18-15(12)11-2-4-22-9-11/h2,4-6,9H,1,3,7-8H2,(H,17,18)(H,20,21). The quantitative estimate of drug-likeness (QED) is 0.760. The Kier molecular flexibility index (Phi) is 3.76.